The highest BCUT2D eigenvalue weighted by Gasteiger charge is 2.33. The zero-order valence-electron chi connectivity index (χ0n) is 14.2. The van der Waals surface area contributed by atoms with Gasteiger partial charge in [-0.3, -0.25) is 4.79 Å². The van der Waals surface area contributed by atoms with E-state index in [0.29, 0.717) is 24.3 Å². The van der Waals surface area contributed by atoms with Crippen LogP contribution in [0.15, 0.2) is 36.5 Å². The van der Waals surface area contributed by atoms with Gasteiger partial charge in [-0.05, 0) is 44.2 Å². The molecule has 1 unspecified atom stereocenters. The molecule has 1 amide bonds. The van der Waals surface area contributed by atoms with Crippen molar-refractivity contribution in [3.63, 3.8) is 0 Å². The first-order valence-corrected chi connectivity index (χ1v) is 8.08. The molecular weight excluding hydrogens is 369 g/mol. The fraction of sp³-hybridized carbons (Fsp3) is 0.412. The molecule has 1 atom stereocenters. The summed E-state index contributed by atoms with van der Waals surface area (Å²) >= 11 is 0. The largest absolute Gasteiger partial charge is 0.435 e. The van der Waals surface area contributed by atoms with Crippen molar-refractivity contribution in [1.29, 1.82) is 0 Å². The van der Waals surface area contributed by atoms with Gasteiger partial charge in [-0.2, -0.15) is 18.3 Å². The molecular formula is C17H20ClF3N4O. The van der Waals surface area contributed by atoms with Crippen LogP contribution in [0.1, 0.15) is 28.9 Å². The minimum atomic E-state index is -4.49. The third kappa shape index (κ3) is 4.37. The second-order valence-corrected chi connectivity index (χ2v) is 6.07. The van der Waals surface area contributed by atoms with Crippen LogP contribution in [-0.2, 0) is 6.18 Å². The number of nitrogens with zero attached hydrogens (tertiary/aromatic N) is 3. The van der Waals surface area contributed by atoms with Crippen LogP contribution in [0, 0.1) is 0 Å². The second-order valence-electron chi connectivity index (χ2n) is 6.07. The van der Waals surface area contributed by atoms with E-state index in [0.717, 1.165) is 23.6 Å². The molecule has 0 spiro atoms. The first-order valence-electron chi connectivity index (χ1n) is 8.08. The van der Waals surface area contributed by atoms with E-state index < -0.39 is 11.9 Å². The summed E-state index contributed by atoms with van der Waals surface area (Å²) < 4.78 is 39.2. The van der Waals surface area contributed by atoms with Crippen LogP contribution < -0.4 is 5.32 Å². The van der Waals surface area contributed by atoms with E-state index in [1.54, 1.807) is 29.2 Å². The Balaban J connectivity index is 0.00000243. The van der Waals surface area contributed by atoms with Crippen molar-refractivity contribution in [1.82, 2.24) is 20.0 Å². The van der Waals surface area contributed by atoms with Crippen LogP contribution in [0.5, 0.6) is 0 Å². The van der Waals surface area contributed by atoms with E-state index in [1.807, 2.05) is 7.05 Å². The van der Waals surface area contributed by atoms with E-state index in [1.165, 1.54) is 6.20 Å². The molecule has 1 aromatic heterocycles. The molecule has 1 aliphatic rings. The number of likely N-dealkylation sites (N-methyl/N-ethyl adjacent to an activating group) is 1. The van der Waals surface area contributed by atoms with Crippen molar-refractivity contribution in [3.8, 4) is 5.69 Å². The molecule has 0 aliphatic carbocycles. The number of aromatic nitrogens is 2. The third-order valence-electron chi connectivity index (χ3n) is 4.35. The Bertz CT molecular complexity index is 762. The van der Waals surface area contributed by atoms with Gasteiger partial charge in [0.15, 0.2) is 5.69 Å². The molecule has 5 nitrogen and oxygen atoms in total. The maximum Gasteiger partial charge on any atom is 0.435 e. The van der Waals surface area contributed by atoms with Crippen molar-refractivity contribution >= 4 is 18.3 Å². The zero-order valence-corrected chi connectivity index (χ0v) is 15.0. The SMILES string of the molecule is CNC1CCCN(C(=O)c2cccc(-n3ccc(C(F)(F)F)n3)c2)C1.Cl. The quantitative estimate of drug-likeness (QED) is 0.878. The lowest BCUT2D eigenvalue weighted by atomic mass is 10.0. The molecule has 2 heterocycles. The van der Waals surface area contributed by atoms with Gasteiger partial charge in [-0.25, -0.2) is 4.68 Å². The molecule has 0 radical (unpaired) electrons. The number of nitrogens with one attached hydrogen (secondary N) is 1. The molecule has 1 aromatic carbocycles. The average Bonchev–Trinajstić information content (AvgIpc) is 3.12. The number of likely N-dealkylation sites (tertiary alicyclic amines) is 1. The van der Waals surface area contributed by atoms with Crippen molar-refractivity contribution < 1.29 is 18.0 Å². The van der Waals surface area contributed by atoms with Crippen LogP contribution in [0.3, 0.4) is 0 Å². The summed E-state index contributed by atoms with van der Waals surface area (Å²) in [4.78, 5) is 14.5. The van der Waals surface area contributed by atoms with E-state index in [4.69, 9.17) is 0 Å². The van der Waals surface area contributed by atoms with E-state index in [9.17, 15) is 18.0 Å². The number of amides is 1. The number of carbonyl (C=O) groups is 1. The Labute approximate surface area is 155 Å². The summed E-state index contributed by atoms with van der Waals surface area (Å²) in [5.41, 5.74) is -0.0982. The Hall–Kier alpha value is -2.06. The van der Waals surface area contributed by atoms with Crippen LogP contribution >= 0.6 is 12.4 Å². The van der Waals surface area contributed by atoms with Crippen molar-refractivity contribution in [2.75, 3.05) is 20.1 Å². The van der Waals surface area contributed by atoms with Gasteiger partial charge >= 0.3 is 6.18 Å². The number of carbonyl (C=O) groups excluding carboxylic acids is 1. The highest BCUT2D eigenvalue weighted by molar-refractivity contribution is 5.94. The summed E-state index contributed by atoms with van der Waals surface area (Å²) in [7, 11) is 1.87. The smallest absolute Gasteiger partial charge is 0.337 e. The molecule has 2 aromatic rings. The summed E-state index contributed by atoms with van der Waals surface area (Å²) in [6, 6.07) is 7.69. The van der Waals surface area contributed by atoms with E-state index in [-0.39, 0.29) is 24.4 Å². The molecule has 0 bridgehead atoms. The number of hydrogen-bond acceptors (Lipinski definition) is 3. The average molecular weight is 389 g/mol. The number of benzene rings is 1. The van der Waals surface area contributed by atoms with Gasteiger partial charge in [0.25, 0.3) is 5.91 Å². The van der Waals surface area contributed by atoms with Crippen molar-refractivity contribution in [2.45, 2.75) is 25.1 Å². The minimum Gasteiger partial charge on any atom is -0.337 e. The highest BCUT2D eigenvalue weighted by atomic mass is 35.5. The molecule has 142 valence electrons. The Morgan fingerprint density at radius 1 is 1.31 bits per heavy atom. The first kappa shape index (κ1) is 20.3. The van der Waals surface area contributed by atoms with Crippen LogP contribution in [0.25, 0.3) is 5.69 Å². The fourth-order valence-electron chi connectivity index (χ4n) is 2.98. The van der Waals surface area contributed by atoms with Gasteiger partial charge in [0.05, 0.1) is 5.69 Å². The van der Waals surface area contributed by atoms with Gasteiger partial charge in [-0.15, -0.1) is 12.4 Å². The molecule has 1 fully saturated rings. The van der Waals surface area contributed by atoms with Gasteiger partial charge in [0, 0.05) is 30.9 Å². The van der Waals surface area contributed by atoms with Gasteiger partial charge < -0.3 is 10.2 Å². The number of halogens is 4. The summed E-state index contributed by atoms with van der Waals surface area (Å²) in [5, 5.41) is 6.73. The second kappa shape index (κ2) is 8.09. The lowest BCUT2D eigenvalue weighted by Gasteiger charge is -2.32. The minimum absolute atomic E-state index is 0. The first-order chi connectivity index (χ1) is 11.9. The van der Waals surface area contributed by atoms with Gasteiger partial charge in [0.1, 0.15) is 0 Å². The predicted octanol–water partition coefficient (Wildman–Crippen LogP) is 3.14. The van der Waals surface area contributed by atoms with Crippen molar-refractivity contribution in [2.24, 2.45) is 0 Å². The molecule has 26 heavy (non-hydrogen) atoms. The third-order valence-corrected chi connectivity index (χ3v) is 4.35. The fourth-order valence-corrected chi connectivity index (χ4v) is 2.98. The molecule has 0 saturated carbocycles. The van der Waals surface area contributed by atoms with Gasteiger partial charge in [-0.1, -0.05) is 6.07 Å². The molecule has 1 aliphatic heterocycles. The lowest BCUT2D eigenvalue weighted by Crippen LogP contribution is -2.46. The molecule has 1 N–H and O–H groups in total. The summed E-state index contributed by atoms with van der Waals surface area (Å²) in [6.07, 6.45) is -1.31. The topological polar surface area (TPSA) is 50.2 Å². The van der Waals surface area contributed by atoms with Crippen LogP contribution in [0.4, 0.5) is 13.2 Å². The maximum atomic E-state index is 12.7. The van der Waals surface area contributed by atoms with Crippen LogP contribution in [0.2, 0.25) is 0 Å². The lowest BCUT2D eigenvalue weighted by molar-refractivity contribution is -0.141. The molecule has 1 saturated heterocycles. The Morgan fingerprint density at radius 3 is 2.73 bits per heavy atom. The van der Waals surface area contributed by atoms with E-state index >= 15 is 0 Å². The van der Waals surface area contributed by atoms with E-state index in [2.05, 4.69) is 10.4 Å². The summed E-state index contributed by atoms with van der Waals surface area (Å²) in [6.45, 7) is 1.31. The number of piperidine rings is 1. The maximum absolute atomic E-state index is 12.7. The monoisotopic (exact) mass is 388 g/mol. The standard InChI is InChI=1S/C17H19F3N4O.ClH/c1-21-13-5-3-8-23(11-13)16(25)12-4-2-6-14(10-12)24-9-7-15(22-24)17(18,19)20;/h2,4,6-7,9-10,13,21H,3,5,8,11H2,1H3;1H. The normalized spacial score (nSPS) is 17.7. The van der Waals surface area contributed by atoms with Gasteiger partial charge in [0.2, 0.25) is 0 Å². The number of rotatable bonds is 3. The molecule has 9 heteroatoms. The highest BCUT2D eigenvalue weighted by Crippen LogP contribution is 2.28. The summed E-state index contributed by atoms with van der Waals surface area (Å²) in [5.74, 6) is -0.120. The Kier molecular flexibility index (Phi) is 6.30. The number of hydrogen-bond donors (Lipinski definition) is 1. The Morgan fingerprint density at radius 2 is 2.08 bits per heavy atom. The zero-order chi connectivity index (χ0) is 18.0. The van der Waals surface area contributed by atoms with Crippen LogP contribution in [-0.4, -0.2) is 46.8 Å². The predicted molar refractivity (Wildman–Crippen MR) is 93.8 cm³/mol. The van der Waals surface area contributed by atoms with Crippen molar-refractivity contribution in [3.05, 3.63) is 47.8 Å². The number of alkyl halides is 3. The molecule has 3 rings (SSSR count).